The zero-order valence-corrected chi connectivity index (χ0v) is 9.46. The second-order valence-electron chi connectivity index (χ2n) is 4.27. The fourth-order valence-electron chi connectivity index (χ4n) is 1.68. The second-order valence-corrected chi connectivity index (χ2v) is 4.27. The molecule has 1 fully saturated rings. The van der Waals surface area contributed by atoms with Gasteiger partial charge in [-0.1, -0.05) is 26.2 Å². The predicted molar refractivity (Wildman–Crippen MR) is 59.7 cm³/mol. The van der Waals surface area contributed by atoms with Gasteiger partial charge in [-0.05, 0) is 18.8 Å². The number of hydrogen-bond donors (Lipinski definition) is 3. The summed E-state index contributed by atoms with van der Waals surface area (Å²) in [7, 11) is 0. The molecular weight excluding hydrogens is 192 g/mol. The molecule has 2 amide bonds. The van der Waals surface area contributed by atoms with Crippen molar-refractivity contribution in [2.24, 2.45) is 5.92 Å². The van der Waals surface area contributed by atoms with Crippen LogP contribution in [0.25, 0.3) is 0 Å². The summed E-state index contributed by atoms with van der Waals surface area (Å²) < 4.78 is 0. The minimum atomic E-state index is -0.157. The molecule has 0 saturated heterocycles. The minimum Gasteiger partial charge on any atom is -0.394 e. The highest BCUT2D eigenvalue weighted by molar-refractivity contribution is 5.74. The van der Waals surface area contributed by atoms with Gasteiger partial charge in [0.05, 0.1) is 12.6 Å². The second kappa shape index (κ2) is 6.67. The number of nitrogens with one attached hydrogen (secondary N) is 2. The van der Waals surface area contributed by atoms with Crippen LogP contribution >= 0.6 is 0 Å². The van der Waals surface area contributed by atoms with Crippen LogP contribution < -0.4 is 10.6 Å². The molecular formula is C11H22N2O2. The molecule has 1 aliphatic rings. The quantitative estimate of drug-likeness (QED) is 0.623. The fraction of sp³-hybridized carbons (Fsp3) is 0.909. The molecule has 0 aromatic carbocycles. The highest BCUT2D eigenvalue weighted by atomic mass is 16.3. The Kier molecular flexibility index (Phi) is 5.47. The predicted octanol–water partition coefficient (Wildman–Crippen LogP) is 1.25. The zero-order valence-electron chi connectivity index (χ0n) is 9.46. The Bertz CT molecular complexity index is 189. The summed E-state index contributed by atoms with van der Waals surface area (Å²) in [4.78, 5) is 11.3. The molecule has 1 unspecified atom stereocenters. The Morgan fingerprint density at radius 3 is 2.73 bits per heavy atom. The van der Waals surface area contributed by atoms with Gasteiger partial charge in [0.2, 0.25) is 0 Å². The number of aliphatic hydroxyl groups is 1. The van der Waals surface area contributed by atoms with E-state index < -0.39 is 0 Å². The molecule has 0 spiro atoms. The van der Waals surface area contributed by atoms with Crippen LogP contribution in [0.2, 0.25) is 0 Å². The normalized spacial score (nSPS) is 18.0. The van der Waals surface area contributed by atoms with E-state index >= 15 is 0 Å². The van der Waals surface area contributed by atoms with Crippen molar-refractivity contribution in [3.8, 4) is 0 Å². The first-order valence-electron chi connectivity index (χ1n) is 5.91. The van der Waals surface area contributed by atoms with Crippen LogP contribution in [0.15, 0.2) is 0 Å². The lowest BCUT2D eigenvalue weighted by molar-refractivity contribution is 0.212. The number of carbonyl (C=O) groups is 1. The molecule has 0 aliphatic heterocycles. The first-order valence-corrected chi connectivity index (χ1v) is 5.91. The van der Waals surface area contributed by atoms with Gasteiger partial charge in [0, 0.05) is 6.54 Å². The van der Waals surface area contributed by atoms with Crippen LogP contribution in [0.1, 0.15) is 39.0 Å². The maximum absolute atomic E-state index is 11.3. The van der Waals surface area contributed by atoms with E-state index in [0.717, 1.165) is 25.3 Å². The Balaban J connectivity index is 2.01. The molecule has 15 heavy (non-hydrogen) atoms. The Morgan fingerprint density at radius 1 is 1.53 bits per heavy atom. The average Bonchev–Trinajstić information content (AvgIpc) is 2.18. The van der Waals surface area contributed by atoms with Crippen molar-refractivity contribution >= 4 is 6.03 Å². The topological polar surface area (TPSA) is 61.4 Å². The molecule has 1 aliphatic carbocycles. The van der Waals surface area contributed by atoms with Gasteiger partial charge >= 0.3 is 6.03 Å². The van der Waals surface area contributed by atoms with Crippen LogP contribution in [-0.4, -0.2) is 30.3 Å². The van der Waals surface area contributed by atoms with Gasteiger partial charge in [-0.25, -0.2) is 4.79 Å². The lowest BCUT2D eigenvalue weighted by Crippen LogP contribution is -2.44. The number of amides is 2. The Hall–Kier alpha value is -0.770. The summed E-state index contributed by atoms with van der Waals surface area (Å²) in [5.74, 6) is 0.824. The highest BCUT2D eigenvalue weighted by Gasteiger charge is 2.17. The third-order valence-corrected chi connectivity index (χ3v) is 3.11. The molecule has 1 saturated carbocycles. The molecule has 0 aromatic heterocycles. The Labute approximate surface area is 91.4 Å². The van der Waals surface area contributed by atoms with Gasteiger partial charge in [-0.2, -0.15) is 0 Å². The van der Waals surface area contributed by atoms with Crippen molar-refractivity contribution in [3.05, 3.63) is 0 Å². The lowest BCUT2D eigenvalue weighted by atomic mass is 9.83. The van der Waals surface area contributed by atoms with Crippen molar-refractivity contribution in [1.29, 1.82) is 0 Å². The summed E-state index contributed by atoms with van der Waals surface area (Å²) in [6.45, 7) is 2.69. The van der Waals surface area contributed by atoms with E-state index in [1.54, 1.807) is 0 Å². The smallest absolute Gasteiger partial charge is 0.315 e. The van der Waals surface area contributed by atoms with E-state index in [1.165, 1.54) is 19.3 Å². The third kappa shape index (κ3) is 4.51. The first-order chi connectivity index (χ1) is 7.26. The van der Waals surface area contributed by atoms with Gasteiger partial charge < -0.3 is 15.7 Å². The minimum absolute atomic E-state index is 0.00649. The standard InChI is InChI=1S/C11H22N2O2/c1-2-10(8-14)13-11(15)12-7-6-9-4-3-5-9/h9-10,14H,2-8H2,1H3,(H2,12,13,15). The van der Waals surface area contributed by atoms with Crippen molar-refractivity contribution < 1.29 is 9.90 Å². The maximum atomic E-state index is 11.3. The van der Waals surface area contributed by atoms with E-state index in [9.17, 15) is 4.79 Å². The van der Waals surface area contributed by atoms with E-state index in [1.807, 2.05) is 6.92 Å². The largest absolute Gasteiger partial charge is 0.394 e. The lowest BCUT2D eigenvalue weighted by Gasteiger charge is -2.25. The monoisotopic (exact) mass is 214 g/mol. The zero-order chi connectivity index (χ0) is 11.1. The summed E-state index contributed by atoms with van der Waals surface area (Å²) in [6, 6.07) is -0.274. The molecule has 0 radical (unpaired) electrons. The SMILES string of the molecule is CCC(CO)NC(=O)NCCC1CCC1. The molecule has 1 atom stereocenters. The van der Waals surface area contributed by atoms with E-state index in [2.05, 4.69) is 10.6 Å². The number of urea groups is 1. The molecule has 4 nitrogen and oxygen atoms in total. The van der Waals surface area contributed by atoms with Crippen LogP contribution in [0.3, 0.4) is 0 Å². The molecule has 4 heteroatoms. The number of hydrogen-bond acceptors (Lipinski definition) is 2. The average molecular weight is 214 g/mol. The van der Waals surface area contributed by atoms with Crippen LogP contribution in [-0.2, 0) is 0 Å². The van der Waals surface area contributed by atoms with E-state index in [-0.39, 0.29) is 18.7 Å². The summed E-state index contributed by atoms with van der Waals surface area (Å²) in [6.07, 6.45) is 5.82. The fourth-order valence-corrected chi connectivity index (χ4v) is 1.68. The summed E-state index contributed by atoms with van der Waals surface area (Å²) >= 11 is 0. The number of rotatable bonds is 6. The summed E-state index contributed by atoms with van der Waals surface area (Å²) in [5, 5.41) is 14.4. The number of carbonyl (C=O) groups excluding carboxylic acids is 1. The van der Waals surface area contributed by atoms with Crippen LogP contribution in [0.4, 0.5) is 4.79 Å². The molecule has 88 valence electrons. The Morgan fingerprint density at radius 2 is 2.27 bits per heavy atom. The molecule has 3 N–H and O–H groups in total. The van der Waals surface area contributed by atoms with E-state index in [4.69, 9.17) is 5.11 Å². The van der Waals surface area contributed by atoms with Gasteiger partial charge in [-0.3, -0.25) is 0 Å². The van der Waals surface area contributed by atoms with Gasteiger partial charge in [0.15, 0.2) is 0 Å². The molecule has 0 aromatic rings. The molecule has 0 bridgehead atoms. The highest BCUT2D eigenvalue weighted by Crippen LogP contribution is 2.28. The number of aliphatic hydroxyl groups excluding tert-OH is 1. The van der Waals surface area contributed by atoms with Crippen molar-refractivity contribution in [2.75, 3.05) is 13.2 Å². The van der Waals surface area contributed by atoms with Gasteiger partial charge in [0.1, 0.15) is 0 Å². The third-order valence-electron chi connectivity index (χ3n) is 3.11. The first kappa shape index (κ1) is 12.3. The van der Waals surface area contributed by atoms with E-state index in [0.29, 0.717) is 0 Å². The van der Waals surface area contributed by atoms with Crippen molar-refractivity contribution in [2.45, 2.75) is 45.1 Å². The van der Waals surface area contributed by atoms with Gasteiger partial charge in [0.25, 0.3) is 0 Å². The van der Waals surface area contributed by atoms with Gasteiger partial charge in [-0.15, -0.1) is 0 Å². The van der Waals surface area contributed by atoms with Crippen molar-refractivity contribution in [1.82, 2.24) is 10.6 Å². The summed E-state index contributed by atoms with van der Waals surface area (Å²) in [5.41, 5.74) is 0. The van der Waals surface area contributed by atoms with Crippen LogP contribution in [0, 0.1) is 5.92 Å². The molecule has 0 heterocycles. The molecule has 1 rings (SSSR count). The van der Waals surface area contributed by atoms with Crippen molar-refractivity contribution in [3.63, 3.8) is 0 Å². The van der Waals surface area contributed by atoms with Crippen LogP contribution in [0.5, 0.6) is 0 Å². The maximum Gasteiger partial charge on any atom is 0.315 e.